The van der Waals surface area contributed by atoms with Crippen molar-refractivity contribution in [2.75, 3.05) is 25.2 Å². The number of pyridine rings is 1. The zero-order valence-electron chi connectivity index (χ0n) is 18.6. The highest BCUT2D eigenvalue weighted by molar-refractivity contribution is 6.18. The van der Waals surface area contributed by atoms with E-state index in [-0.39, 0.29) is 11.9 Å². The van der Waals surface area contributed by atoms with Crippen LogP contribution in [0.25, 0.3) is 22.2 Å². The molecule has 9 heteroatoms. The van der Waals surface area contributed by atoms with E-state index in [1.54, 1.807) is 18.0 Å². The first-order valence-corrected chi connectivity index (χ1v) is 11.1. The number of fused-ring (bicyclic) bond motifs is 2. The molecule has 33 heavy (non-hydrogen) atoms. The second kappa shape index (κ2) is 7.70. The first-order chi connectivity index (χ1) is 16.1. The quantitative estimate of drug-likeness (QED) is 0.481. The minimum absolute atomic E-state index is 0.00935. The highest BCUT2D eigenvalue weighted by Gasteiger charge is 2.38. The molecule has 0 unspecified atom stereocenters. The molecule has 0 saturated carbocycles. The Bertz CT molecular complexity index is 1350. The minimum Gasteiger partial charge on any atom is -0.497 e. The van der Waals surface area contributed by atoms with Gasteiger partial charge in [-0.15, -0.1) is 0 Å². The van der Waals surface area contributed by atoms with Gasteiger partial charge >= 0.3 is 0 Å². The van der Waals surface area contributed by atoms with Gasteiger partial charge in [-0.3, -0.25) is 19.1 Å². The fourth-order valence-corrected chi connectivity index (χ4v) is 4.82. The number of hydrogen-bond acceptors (Lipinski definition) is 6. The summed E-state index contributed by atoms with van der Waals surface area (Å²) < 4.78 is 14.5. The predicted octanol–water partition coefficient (Wildman–Crippen LogP) is 3.03. The van der Waals surface area contributed by atoms with Crippen molar-refractivity contribution in [2.24, 2.45) is 7.05 Å². The summed E-state index contributed by atoms with van der Waals surface area (Å²) in [6.07, 6.45) is 5.16. The van der Waals surface area contributed by atoms with E-state index in [2.05, 4.69) is 5.10 Å². The molecule has 9 nitrogen and oxygen atoms in total. The summed E-state index contributed by atoms with van der Waals surface area (Å²) >= 11 is 0. The van der Waals surface area contributed by atoms with Crippen LogP contribution in [0.2, 0.25) is 0 Å². The molecule has 0 atom stereocenters. The number of carbonyl (C=O) groups excluding carboxylic acids is 1. The van der Waals surface area contributed by atoms with E-state index in [4.69, 9.17) is 19.6 Å². The molecule has 2 aliphatic rings. The number of nitrogens with zero attached hydrogens (tertiary/aromatic N) is 6. The fraction of sp³-hybridized carbons (Fsp3) is 0.333. The molecule has 5 heterocycles. The van der Waals surface area contributed by atoms with Crippen molar-refractivity contribution in [3.05, 3.63) is 54.0 Å². The van der Waals surface area contributed by atoms with E-state index in [0.717, 1.165) is 46.3 Å². The zero-order valence-corrected chi connectivity index (χ0v) is 18.6. The van der Waals surface area contributed by atoms with Gasteiger partial charge in [-0.2, -0.15) is 10.2 Å². The van der Waals surface area contributed by atoms with Crippen LogP contribution in [0.4, 0.5) is 5.82 Å². The van der Waals surface area contributed by atoms with Crippen molar-refractivity contribution < 1.29 is 14.3 Å². The second-order valence-corrected chi connectivity index (χ2v) is 8.47. The average molecular weight is 444 g/mol. The lowest BCUT2D eigenvalue weighted by atomic mass is 10.1. The van der Waals surface area contributed by atoms with Crippen LogP contribution >= 0.6 is 0 Å². The van der Waals surface area contributed by atoms with Gasteiger partial charge in [-0.25, -0.2) is 4.98 Å². The Hall–Kier alpha value is -3.72. The summed E-state index contributed by atoms with van der Waals surface area (Å²) in [4.78, 5) is 20.2. The SMILES string of the molecule is COc1ccc(Cn2nc3c4c(nccc42)N(C2CCOCC2)C(=O)c2nn(C)cc2-3)cc1. The molecule has 0 radical (unpaired) electrons. The van der Waals surface area contributed by atoms with Gasteiger partial charge in [-0.05, 0) is 36.6 Å². The Labute approximate surface area is 190 Å². The molecule has 0 aliphatic carbocycles. The van der Waals surface area contributed by atoms with Crippen molar-refractivity contribution >= 4 is 22.6 Å². The third-order valence-corrected chi connectivity index (χ3v) is 6.43. The van der Waals surface area contributed by atoms with Crippen molar-refractivity contribution in [1.82, 2.24) is 24.5 Å². The number of hydrogen-bond donors (Lipinski definition) is 0. The van der Waals surface area contributed by atoms with Crippen molar-refractivity contribution in [3.63, 3.8) is 0 Å². The fourth-order valence-electron chi connectivity index (χ4n) is 4.82. The van der Waals surface area contributed by atoms with Crippen LogP contribution in [0, 0.1) is 0 Å². The number of rotatable bonds is 4. The number of ether oxygens (including phenoxy) is 2. The molecular formula is C24H24N6O3. The normalized spacial score (nSPS) is 16.2. The number of amides is 1. The van der Waals surface area contributed by atoms with Crippen LogP contribution in [0.3, 0.4) is 0 Å². The topological polar surface area (TPSA) is 87.3 Å². The van der Waals surface area contributed by atoms with Gasteiger partial charge in [0, 0.05) is 38.7 Å². The van der Waals surface area contributed by atoms with Gasteiger partial charge in [-0.1, -0.05) is 12.1 Å². The largest absolute Gasteiger partial charge is 0.497 e. The Morgan fingerprint density at radius 1 is 1.09 bits per heavy atom. The van der Waals surface area contributed by atoms with E-state index in [9.17, 15) is 4.79 Å². The van der Waals surface area contributed by atoms with Gasteiger partial charge in [0.25, 0.3) is 5.91 Å². The average Bonchev–Trinajstić information content (AvgIpc) is 3.39. The number of methoxy groups -OCH3 is 1. The minimum atomic E-state index is -0.128. The standard InChI is InChI=1S/C24H24N6O3/c1-28-14-18-21-20-19(29(27-21)13-15-3-5-17(32-2)6-4-15)7-10-25-23(20)30(24(31)22(18)26-28)16-8-11-33-12-9-16/h3-7,10,14,16H,8-9,11-13H2,1-2H3. The predicted molar refractivity (Wildman–Crippen MR) is 122 cm³/mol. The molecule has 1 aromatic carbocycles. The molecule has 0 spiro atoms. The molecule has 1 amide bonds. The molecule has 4 aromatic rings. The van der Waals surface area contributed by atoms with Gasteiger partial charge in [0.1, 0.15) is 17.3 Å². The van der Waals surface area contributed by atoms with Crippen LogP contribution in [0.1, 0.15) is 28.9 Å². The van der Waals surface area contributed by atoms with E-state index >= 15 is 0 Å². The van der Waals surface area contributed by atoms with Crippen LogP contribution < -0.4 is 9.64 Å². The zero-order chi connectivity index (χ0) is 22.5. The van der Waals surface area contributed by atoms with E-state index in [1.165, 1.54) is 0 Å². The summed E-state index contributed by atoms with van der Waals surface area (Å²) in [6, 6.07) is 9.94. The van der Waals surface area contributed by atoms with Crippen molar-refractivity contribution in [1.29, 1.82) is 0 Å². The maximum Gasteiger partial charge on any atom is 0.280 e. The number of carbonyl (C=O) groups is 1. The number of aryl methyl sites for hydroxylation is 1. The third kappa shape index (κ3) is 3.19. The van der Waals surface area contributed by atoms with Crippen LogP contribution in [0.5, 0.6) is 5.75 Å². The van der Waals surface area contributed by atoms with E-state index in [1.807, 2.05) is 53.2 Å². The van der Waals surface area contributed by atoms with Crippen molar-refractivity contribution in [2.45, 2.75) is 25.4 Å². The maximum absolute atomic E-state index is 13.7. The highest BCUT2D eigenvalue weighted by atomic mass is 16.5. The summed E-state index contributed by atoms with van der Waals surface area (Å²) in [5.74, 6) is 1.34. The summed E-state index contributed by atoms with van der Waals surface area (Å²) in [6.45, 7) is 1.84. The smallest absolute Gasteiger partial charge is 0.280 e. The molecule has 1 saturated heterocycles. The summed E-state index contributed by atoms with van der Waals surface area (Å²) in [5, 5.41) is 10.4. The maximum atomic E-state index is 13.7. The molecule has 1 fully saturated rings. The lowest BCUT2D eigenvalue weighted by Crippen LogP contribution is -2.44. The van der Waals surface area contributed by atoms with E-state index < -0.39 is 0 Å². The third-order valence-electron chi connectivity index (χ3n) is 6.43. The Morgan fingerprint density at radius 3 is 2.64 bits per heavy atom. The molecule has 6 rings (SSSR count). The first-order valence-electron chi connectivity index (χ1n) is 11.1. The lowest BCUT2D eigenvalue weighted by Gasteiger charge is -2.33. The Morgan fingerprint density at radius 2 is 1.88 bits per heavy atom. The number of aromatic nitrogens is 5. The second-order valence-electron chi connectivity index (χ2n) is 8.47. The number of anilines is 1. The van der Waals surface area contributed by atoms with Crippen LogP contribution in [0.15, 0.2) is 42.7 Å². The number of benzene rings is 1. The summed E-state index contributed by atoms with van der Waals surface area (Å²) in [7, 11) is 3.49. The Kier molecular flexibility index (Phi) is 4.65. The molecule has 3 aromatic heterocycles. The monoisotopic (exact) mass is 444 g/mol. The Balaban J connectivity index is 1.54. The molecule has 2 aliphatic heterocycles. The van der Waals surface area contributed by atoms with E-state index in [0.29, 0.717) is 31.3 Å². The molecule has 0 bridgehead atoms. The van der Waals surface area contributed by atoms with Crippen LogP contribution in [-0.2, 0) is 18.3 Å². The molecular weight excluding hydrogens is 420 g/mol. The first kappa shape index (κ1) is 19.9. The van der Waals surface area contributed by atoms with Crippen LogP contribution in [-0.4, -0.2) is 56.8 Å². The highest BCUT2D eigenvalue weighted by Crippen LogP contribution is 2.41. The van der Waals surface area contributed by atoms with Gasteiger partial charge < -0.3 is 9.47 Å². The molecule has 168 valence electrons. The van der Waals surface area contributed by atoms with Crippen molar-refractivity contribution in [3.8, 4) is 17.0 Å². The van der Waals surface area contributed by atoms with Gasteiger partial charge in [0.2, 0.25) is 0 Å². The van der Waals surface area contributed by atoms with Gasteiger partial charge in [0.05, 0.1) is 30.1 Å². The lowest BCUT2D eigenvalue weighted by molar-refractivity contribution is 0.0769. The summed E-state index contributed by atoms with van der Waals surface area (Å²) in [5.41, 5.74) is 3.94. The van der Waals surface area contributed by atoms with Gasteiger partial charge in [0.15, 0.2) is 5.69 Å². The molecule has 0 N–H and O–H groups in total.